The van der Waals surface area contributed by atoms with Crippen molar-refractivity contribution in [3.8, 4) is 11.5 Å². The summed E-state index contributed by atoms with van der Waals surface area (Å²) in [7, 11) is 4.66. The lowest BCUT2D eigenvalue weighted by atomic mass is 9.89. The van der Waals surface area contributed by atoms with Crippen LogP contribution in [0.2, 0.25) is 0 Å². The molecule has 0 N–H and O–H groups in total. The molecule has 0 unspecified atom stereocenters. The Morgan fingerprint density at radius 3 is 2.52 bits per heavy atom. The standard InChI is InChI=1S/C24H27N3O6/c1-5-33-23(29)20-21(15-10-11-18(31-3)19(14-15)32-4)27-17-9-7-6-8-16(17)25-24(27)26(22(20)28)12-13-30-2/h6-11,14,20-21H,5,12-13H2,1-4H3/t20-,21-/m1/s1. The summed E-state index contributed by atoms with van der Waals surface area (Å²) in [5, 5.41) is 0. The zero-order valence-corrected chi connectivity index (χ0v) is 19.1. The molecule has 9 nitrogen and oxygen atoms in total. The van der Waals surface area contributed by atoms with Crippen LogP contribution in [0.15, 0.2) is 42.5 Å². The molecule has 0 radical (unpaired) electrons. The Kier molecular flexibility index (Phi) is 6.50. The van der Waals surface area contributed by atoms with Crippen molar-refractivity contribution >= 4 is 28.9 Å². The van der Waals surface area contributed by atoms with Crippen LogP contribution >= 0.6 is 0 Å². The summed E-state index contributed by atoms with van der Waals surface area (Å²) in [5.41, 5.74) is 2.23. The molecule has 33 heavy (non-hydrogen) atoms. The van der Waals surface area contributed by atoms with Crippen LogP contribution in [0.4, 0.5) is 5.95 Å². The molecule has 1 amide bonds. The quantitative estimate of drug-likeness (QED) is 0.383. The van der Waals surface area contributed by atoms with Gasteiger partial charge in [0.25, 0.3) is 0 Å². The number of aromatic nitrogens is 2. The molecule has 0 saturated carbocycles. The average Bonchev–Trinajstić information content (AvgIpc) is 3.21. The molecule has 9 heteroatoms. The fourth-order valence-electron chi connectivity index (χ4n) is 4.28. The largest absolute Gasteiger partial charge is 0.493 e. The van der Waals surface area contributed by atoms with E-state index in [0.717, 1.165) is 11.0 Å². The fourth-order valence-corrected chi connectivity index (χ4v) is 4.28. The summed E-state index contributed by atoms with van der Waals surface area (Å²) >= 11 is 0. The van der Waals surface area contributed by atoms with E-state index in [9.17, 15) is 9.59 Å². The van der Waals surface area contributed by atoms with Gasteiger partial charge in [-0.25, -0.2) is 4.98 Å². The van der Waals surface area contributed by atoms with Crippen molar-refractivity contribution in [2.24, 2.45) is 5.92 Å². The number of ether oxygens (including phenoxy) is 4. The Bertz CT molecular complexity index is 1170. The first-order valence-corrected chi connectivity index (χ1v) is 10.7. The first-order chi connectivity index (χ1) is 16.0. The molecule has 0 saturated heterocycles. The molecule has 0 spiro atoms. The van der Waals surface area contributed by atoms with Crippen molar-refractivity contribution in [2.75, 3.05) is 46.0 Å². The van der Waals surface area contributed by atoms with E-state index >= 15 is 0 Å². The summed E-state index contributed by atoms with van der Waals surface area (Å²) in [6.07, 6.45) is 0. The monoisotopic (exact) mass is 453 g/mol. The van der Waals surface area contributed by atoms with E-state index in [1.807, 2.05) is 34.9 Å². The molecule has 2 aromatic carbocycles. The number of carbonyl (C=O) groups is 2. The normalized spacial score (nSPS) is 17.7. The van der Waals surface area contributed by atoms with Crippen molar-refractivity contribution < 1.29 is 28.5 Å². The molecule has 174 valence electrons. The van der Waals surface area contributed by atoms with Crippen LogP contribution in [-0.4, -0.2) is 62.5 Å². The molecule has 0 aliphatic carbocycles. The van der Waals surface area contributed by atoms with E-state index in [4.69, 9.17) is 23.9 Å². The van der Waals surface area contributed by atoms with Gasteiger partial charge in [0.05, 0.1) is 51.1 Å². The Hall–Kier alpha value is -3.59. The van der Waals surface area contributed by atoms with Gasteiger partial charge >= 0.3 is 5.97 Å². The molecule has 0 bridgehead atoms. The summed E-state index contributed by atoms with van der Waals surface area (Å²) in [4.78, 5) is 33.1. The van der Waals surface area contributed by atoms with Gasteiger partial charge in [-0.15, -0.1) is 0 Å². The third-order valence-corrected chi connectivity index (χ3v) is 5.75. The van der Waals surface area contributed by atoms with Crippen molar-refractivity contribution in [3.05, 3.63) is 48.0 Å². The number of hydrogen-bond acceptors (Lipinski definition) is 7. The molecular formula is C24H27N3O6. The highest BCUT2D eigenvalue weighted by Gasteiger charge is 2.48. The van der Waals surface area contributed by atoms with E-state index in [0.29, 0.717) is 29.6 Å². The number of nitrogens with zero attached hydrogens (tertiary/aromatic N) is 3. The van der Waals surface area contributed by atoms with Gasteiger partial charge in [0, 0.05) is 7.11 Å². The SMILES string of the molecule is CCOC(=O)[C@H]1C(=O)N(CCOC)c2nc3ccccc3n2[C@@H]1c1ccc(OC)c(OC)c1. The van der Waals surface area contributed by atoms with Gasteiger partial charge in [-0.3, -0.25) is 14.5 Å². The molecular weight excluding hydrogens is 426 g/mol. The molecule has 2 atom stereocenters. The number of imidazole rings is 1. The topological polar surface area (TPSA) is 92.1 Å². The van der Waals surface area contributed by atoms with Gasteiger partial charge in [-0.1, -0.05) is 18.2 Å². The Morgan fingerprint density at radius 1 is 1.06 bits per heavy atom. The van der Waals surface area contributed by atoms with Crippen LogP contribution in [-0.2, 0) is 19.1 Å². The fraction of sp³-hybridized carbons (Fsp3) is 0.375. The van der Waals surface area contributed by atoms with Gasteiger partial charge in [0.2, 0.25) is 11.9 Å². The minimum Gasteiger partial charge on any atom is -0.493 e. The lowest BCUT2D eigenvalue weighted by Crippen LogP contribution is -2.51. The van der Waals surface area contributed by atoms with Crippen LogP contribution in [0.3, 0.4) is 0 Å². The predicted molar refractivity (Wildman–Crippen MR) is 122 cm³/mol. The number of para-hydroxylation sites is 2. The maximum Gasteiger partial charge on any atom is 0.321 e. The van der Waals surface area contributed by atoms with Crippen molar-refractivity contribution in [1.82, 2.24) is 9.55 Å². The number of methoxy groups -OCH3 is 3. The van der Waals surface area contributed by atoms with Crippen molar-refractivity contribution in [2.45, 2.75) is 13.0 Å². The minimum atomic E-state index is -1.11. The van der Waals surface area contributed by atoms with Crippen LogP contribution in [0, 0.1) is 5.92 Å². The van der Waals surface area contributed by atoms with Crippen molar-refractivity contribution in [3.63, 3.8) is 0 Å². The van der Waals surface area contributed by atoms with E-state index in [1.165, 1.54) is 4.90 Å². The number of esters is 1. The number of carbonyl (C=O) groups excluding carboxylic acids is 2. The summed E-state index contributed by atoms with van der Waals surface area (Å²) in [6, 6.07) is 12.3. The zero-order valence-electron chi connectivity index (χ0n) is 19.1. The highest BCUT2D eigenvalue weighted by Crippen LogP contribution is 2.43. The molecule has 1 aromatic heterocycles. The smallest absolute Gasteiger partial charge is 0.321 e. The highest BCUT2D eigenvalue weighted by molar-refractivity contribution is 6.08. The second kappa shape index (κ2) is 9.50. The first-order valence-electron chi connectivity index (χ1n) is 10.7. The van der Waals surface area contributed by atoms with Crippen LogP contribution in [0.1, 0.15) is 18.5 Å². The lowest BCUT2D eigenvalue weighted by Gasteiger charge is -2.38. The maximum atomic E-state index is 13.7. The third-order valence-electron chi connectivity index (χ3n) is 5.75. The van der Waals surface area contributed by atoms with Gasteiger partial charge in [0.15, 0.2) is 17.4 Å². The Balaban J connectivity index is 1.98. The van der Waals surface area contributed by atoms with E-state index in [-0.39, 0.29) is 19.1 Å². The summed E-state index contributed by atoms with van der Waals surface area (Å²) < 4.78 is 23.4. The van der Waals surface area contributed by atoms with E-state index in [2.05, 4.69) is 0 Å². The van der Waals surface area contributed by atoms with E-state index in [1.54, 1.807) is 40.4 Å². The molecule has 0 fully saturated rings. The number of fused-ring (bicyclic) bond motifs is 3. The predicted octanol–water partition coefficient (Wildman–Crippen LogP) is 2.82. The Morgan fingerprint density at radius 2 is 1.82 bits per heavy atom. The first kappa shape index (κ1) is 22.6. The number of hydrogen-bond donors (Lipinski definition) is 0. The van der Waals surface area contributed by atoms with Crippen LogP contribution < -0.4 is 14.4 Å². The average molecular weight is 453 g/mol. The molecule has 1 aliphatic rings. The summed E-state index contributed by atoms with van der Waals surface area (Å²) in [5.74, 6) is -0.573. The molecule has 2 heterocycles. The number of amides is 1. The van der Waals surface area contributed by atoms with Gasteiger partial charge in [0.1, 0.15) is 0 Å². The van der Waals surface area contributed by atoms with Crippen molar-refractivity contribution in [1.29, 1.82) is 0 Å². The van der Waals surface area contributed by atoms with Crippen LogP contribution in [0.5, 0.6) is 11.5 Å². The summed E-state index contributed by atoms with van der Waals surface area (Å²) in [6.45, 7) is 2.44. The maximum absolute atomic E-state index is 13.7. The number of rotatable bonds is 8. The number of anilines is 1. The highest BCUT2D eigenvalue weighted by atomic mass is 16.5. The van der Waals surface area contributed by atoms with E-state index < -0.39 is 17.9 Å². The van der Waals surface area contributed by atoms with Gasteiger partial charge in [-0.2, -0.15) is 0 Å². The van der Waals surface area contributed by atoms with Gasteiger partial charge < -0.3 is 23.5 Å². The molecule has 4 rings (SSSR count). The second-order valence-corrected chi connectivity index (χ2v) is 7.54. The minimum absolute atomic E-state index is 0.164. The molecule has 3 aromatic rings. The number of benzene rings is 2. The molecule has 1 aliphatic heterocycles. The van der Waals surface area contributed by atoms with Gasteiger partial charge in [-0.05, 0) is 36.8 Å². The zero-order chi connectivity index (χ0) is 23.5. The van der Waals surface area contributed by atoms with Crippen LogP contribution in [0.25, 0.3) is 11.0 Å². The third kappa shape index (κ3) is 3.89. The second-order valence-electron chi connectivity index (χ2n) is 7.54. The Labute approximate surface area is 191 Å². The lowest BCUT2D eigenvalue weighted by molar-refractivity contribution is -0.153.